The summed E-state index contributed by atoms with van der Waals surface area (Å²) in [4.78, 5) is 24.7. The molecule has 2 N–H and O–H groups in total. The highest BCUT2D eigenvalue weighted by molar-refractivity contribution is 6.34. The third-order valence-corrected chi connectivity index (χ3v) is 4.14. The van der Waals surface area contributed by atoms with Gasteiger partial charge in [-0.15, -0.1) is 0 Å². The highest BCUT2D eigenvalue weighted by atomic mass is 35.5. The molecule has 0 saturated carbocycles. The van der Waals surface area contributed by atoms with Gasteiger partial charge in [-0.1, -0.05) is 29.8 Å². The Labute approximate surface area is 155 Å². The van der Waals surface area contributed by atoms with Gasteiger partial charge in [-0.05, 0) is 43.3 Å². The molecule has 2 aromatic carbocycles. The van der Waals surface area contributed by atoms with E-state index in [1.165, 1.54) is 0 Å². The van der Waals surface area contributed by atoms with Crippen LogP contribution in [0.5, 0.6) is 0 Å². The maximum atomic E-state index is 12.3. The van der Waals surface area contributed by atoms with Gasteiger partial charge in [0.25, 0.3) is 5.91 Å². The molecule has 7 heteroatoms. The van der Waals surface area contributed by atoms with Gasteiger partial charge < -0.3 is 10.6 Å². The summed E-state index contributed by atoms with van der Waals surface area (Å²) in [5.74, 6) is -0.521. The van der Waals surface area contributed by atoms with Crippen molar-refractivity contribution in [3.05, 3.63) is 77.6 Å². The summed E-state index contributed by atoms with van der Waals surface area (Å²) >= 11 is 6.04. The van der Waals surface area contributed by atoms with Gasteiger partial charge in [0.2, 0.25) is 5.91 Å². The van der Waals surface area contributed by atoms with E-state index in [2.05, 4.69) is 15.7 Å². The number of rotatable bonds is 5. The van der Waals surface area contributed by atoms with Crippen molar-refractivity contribution in [2.75, 3.05) is 10.6 Å². The smallest absolute Gasteiger partial charge is 0.257 e. The maximum Gasteiger partial charge on any atom is 0.257 e. The third-order valence-electron chi connectivity index (χ3n) is 3.81. The van der Waals surface area contributed by atoms with Gasteiger partial charge in [0, 0.05) is 23.8 Å². The van der Waals surface area contributed by atoms with E-state index >= 15 is 0 Å². The first kappa shape index (κ1) is 17.7. The lowest BCUT2D eigenvalue weighted by Gasteiger charge is -2.13. The molecule has 0 saturated heterocycles. The molecule has 0 fully saturated rings. The zero-order chi connectivity index (χ0) is 18.5. The number of nitrogens with one attached hydrogen (secondary N) is 2. The number of amides is 2. The van der Waals surface area contributed by atoms with E-state index < -0.39 is 6.04 Å². The molecular formula is C19H17ClN4O2. The molecule has 0 aliphatic rings. The second-order valence-electron chi connectivity index (χ2n) is 5.67. The van der Waals surface area contributed by atoms with Crippen molar-refractivity contribution < 1.29 is 9.59 Å². The average molecular weight is 369 g/mol. The number of benzene rings is 2. The molecule has 26 heavy (non-hydrogen) atoms. The lowest BCUT2D eigenvalue weighted by molar-refractivity contribution is -0.119. The Morgan fingerprint density at radius 2 is 1.77 bits per heavy atom. The number of anilines is 2. The number of hydrogen-bond acceptors (Lipinski definition) is 3. The molecule has 6 nitrogen and oxygen atoms in total. The Morgan fingerprint density at radius 1 is 1.04 bits per heavy atom. The van der Waals surface area contributed by atoms with Crippen molar-refractivity contribution in [2.24, 2.45) is 0 Å². The van der Waals surface area contributed by atoms with Gasteiger partial charge >= 0.3 is 0 Å². The minimum atomic E-state index is -0.452. The SMILES string of the molecule is CC(C(=O)Nc1cccc(NC(=O)c2ccccc2Cl)c1)n1cccn1. The maximum absolute atomic E-state index is 12.3. The number of aromatic nitrogens is 2. The molecule has 0 bridgehead atoms. The zero-order valence-corrected chi connectivity index (χ0v) is 14.8. The highest BCUT2D eigenvalue weighted by Gasteiger charge is 2.15. The molecule has 0 spiro atoms. The molecule has 1 aromatic heterocycles. The number of carbonyl (C=O) groups is 2. The van der Waals surface area contributed by atoms with Crippen molar-refractivity contribution in [1.82, 2.24) is 9.78 Å². The van der Waals surface area contributed by atoms with E-state index in [0.29, 0.717) is 22.0 Å². The molecule has 0 radical (unpaired) electrons. The number of halogens is 1. The average Bonchev–Trinajstić information content (AvgIpc) is 3.16. The number of hydrogen-bond donors (Lipinski definition) is 2. The van der Waals surface area contributed by atoms with Gasteiger partial charge in [-0.25, -0.2) is 0 Å². The first-order valence-electron chi connectivity index (χ1n) is 8.00. The molecule has 2 amide bonds. The van der Waals surface area contributed by atoms with Crippen molar-refractivity contribution >= 4 is 34.8 Å². The summed E-state index contributed by atoms with van der Waals surface area (Å²) in [5, 5.41) is 10.0. The van der Waals surface area contributed by atoms with Crippen LogP contribution in [0.25, 0.3) is 0 Å². The second-order valence-corrected chi connectivity index (χ2v) is 6.07. The van der Waals surface area contributed by atoms with Crippen molar-refractivity contribution in [3.63, 3.8) is 0 Å². The standard InChI is InChI=1S/C19H17ClN4O2/c1-13(24-11-5-10-21-24)18(25)22-14-6-4-7-15(12-14)23-19(26)16-8-2-3-9-17(16)20/h2-13H,1H3,(H,22,25)(H,23,26). The fourth-order valence-electron chi connectivity index (χ4n) is 2.40. The Hall–Kier alpha value is -3.12. The molecule has 1 atom stereocenters. The Kier molecular flexibility index (Phi) is 5.34. The summed E-state index contributed by atoms with van der Waals surface area (Å²) < 4.78 is 1.57. The fraction of sp³-hybridized carbons (Fsp3) is 0.105. The molecular weight excluding hydrogens is 352 g/mol. The van der Waals surface area contributed by atoms with E-state index in [4.69, 9.17) is 11.6 Å². The summed E-state index contributed by atoms with van der Waals surface area (Å²) in [5.41, 5.74) is 1.52. The molecule has 3 rings (SSSR count). The van der Waals surface area contributed by atoms with Crippen LogP contribution in [0, 0.1) is 0 Å². The Bertz CT molecular complexity index is 925. The van der Waals surface area contributed by atoms with Crippen molar-refractivity contribution in [1.29, 1.82) is 0 Å². The Balaban J connectivity index is 1.69. The number of nitrogens with zero attached hydrogens (tertiary/aromatic N) is 2. The fourth-order valence-corrected chi connectivity index (χ4v) is 2.62. The van der Waals surface area contributed by atoms with E-state index in [0.717, 1.165) is 0 Å². The van der Waals surface area contributed by atoms with Crippen LogP contribution in [0.4, 0.5) is 11.4 Å². The van der Waals surface area contributed by atoms with Crippen LogP contribution in [0.3, 0.4) is 0 Å². The van der Waals surface area contributed by atoms with Crippen LogP contribution in [0.15, 0.2) is 67.0 Å². The van der Waals surface area contributed by atoms with E-state index in [1.54, 1.807) is 78.6 Å². The quantitative estimate of drug-likeness (QED) is 0.715. The van der Waals surface area contributed by atoms with Gasteiger partial charge in [-0.2, -0.15) is 5.10 Å². The van der Waals surface area contributed by atoms with E-state index in [9.17, 15) is 9.59 Å². The molecule has 0 aliphatic carbocycles. The van der Waals surface area contributed by atoms with E-state index in [-0.39, 0.29) is 11.8 Å². The summed E-state index contributed by atoms with van der Waals surface area (Å²) in [6.07, 6.45) is 3.35. The highest BCUT2D eigenvalue weighted by Crippen LogP contribution is 2.20. The molecule has 1 unspecified atom stereocenters. The summed E-state index contributed by atoms with van der Waals surface area (Å²) in [6.45, 7) is 1.76. The summed E-state index contributed by atoms with van der Waals surface area (Å²) in [7, 11) is 0. The lowest BCUT2D eigenvalue weighted by atomic mass is 10.2. The van der Waals surface area contributed by atoms with Gasteiger partial charge in [0.05, 0.1) is 10.6 Å². The van der Waals surface area contributed by atoms with Crippen LogP contribution in [0.1, 0.15) is 23.3 Å². The second kappa shape index (κ2) is 7.84. The van der Waals surface area contributed by atoms with Crippen LogP contribution < -0.4 is 10.6 Å². The lowest BCUT2D eigenvalue weighted by Crippen LogP contribution is -2.24. The molecule has 0 aliphatic heterocycles. The molecule has 1 heterocycles. The van der Waals surface area contributed by atoms with Crippen LogP contribution in [0.2, 0.25) is 5.02 Å². The largest absolute Gasteiger partial charge is 0.324 e. The van der Waals surface area contributed by atoms with Crippen molar-refractivity contribution in [2.45, 2.75) is 13.0 Å². The first-order valence-corrected chi connectivity index (χ1v) is 8.38. The zero-order valence-electron chi connectivity index (χ0n) is 14.0. The third kappa shape index (κ3) is 4.10. The van der Waals surface area contributed by atoms with Crippen LogP contribution >= 0.6 is 11.6 Å². The normalized spacial score (nSPS) is 11.6. The number of carbonyl (C=O) groups excluding carboxylic acids is 2. The minimum Gasteiger partial charge on any atom is -0.324 e. The minimum absolute atomic E-state index is 0.205. The Morgan fingerprint density at radius 3 is 2.46 bits per heavy atom. The molecule has 3 aromatic rings. The van der Waals surface area contributed by atoms with Crippen molar-refractivity contribution in [3.8, 4) is 0 Å². The molecule has 132 valence electrons. The topological polar surface area (TPSA) is 76.0 Å². The predicted molar refractivity (Wildman–Crippen MR) is 101 cm³/mol. The van der Waals surface area contributed by atoms with Crippen LogP contribution in [-0.4, -0.2) is 21.6 Å². The van der Waals surface area contributed by atoms with Gasteiger partial charge in [0.15, 0.2) is 0 Å². The van der Waals surface area contributed by atoms with Gasteiger partial charge in [0.1, 0.15) is 6.04 Å². The van der Waals surface area contributed by atoms with E-state index in [1.807, 2.05) is 0 Å². The monoisotopic (exact) mass is 368 g/mol. The first-order chi connectivity index (χ1) is 12.5. The summed E-state index contributed by atoms with van der Waals surface area (Å²) in [6, 6.07) is 15.0. The van der Waals surface area contributed by atoms with Gasteiger partial charge in [-0.3, -0.25) is 14.3 Å². The predicted octanol–water partition coefficient (Wildman–Crippen LogP) is 3.99. The van der Waals surface area contributed by atoms with Crippen LogP contribution in [-0.2, 0) is 4.79 Å².